The van der Waals surface area contributed by atoms with Gasteiger partial charge in [0.1, 0.15) is 22.3 Å². The van der Waals surface area contributed by atoms with Crippen molar-refractivity contribution in [1.29, 1.82) is 0 Å². The van der Waals surface area contributed by atoms with Gasteiger partial charge in [-0.25, -0.2) is 8.78 Å². The maximum Gasteiger partial charge on any atom is 0.262 e. The van der Waals surface area contributed by atoms with Crippen LogP contribution in [-0.2, 0) is 0 Å². The van der Waals surface area contributed by atoms with E-state index in [9.17, 15) is 13.6 Å². The highest BCUT2D eigenvalue weighted by atomic mass is 32.1. The van der Waals surface area contributed by atoms with Gasteiger partial charge in [-0.3, -0.25) is 9.78 Å². The van der Waals surface area contributed by atoms with Crippen molar-refractivity contribution in [2.24, 2.45) is 0 Å². The molecule has 1 aliphatic heterocycles. The number of hydrogen-bond acceptors (Lipinski definition) is 4. The van der Waals surface area contributed by atoms with Crippen molar-refractivity contribution in [2.75, 3.05) is 6.61 Å². The van der Waals surface area contributed by atoms with Gasteiger partial charge < -0.3 is 10.1 Å². The number of allylic oxidation sites excluding steroid dienone is 1. The highest BCUT2D eigenvalue weighted by molar-refractivity contribution is 7.21. The summed E-state index contributed by atoms with van der Waals surface area (Å²) in [6, 6.07) is 12.5. The lowest BCUT2D eigenvalue weighted by Gasteiger charge is -2.26. The molecule has 4 aromatic rings. The van der Waals surface area contributed by atoms with Crippen molar-refractivity contribution in [3.8, 4) is 16.9 Å². The summed E-state index contributed by atoms with van der Waals surface area (Å²) >= 11 is 1.25. The summed E-state index contributed by atoms with van der Waals surface area (Å²) < 4.78 is 34.2. The number of fused-ring (bicyclic) bond motifs is 2. The molecule has 0 fully saturated rings. The first-order valence-corrected chi connectivity index (χ1v) is 11.3. The molecule has 0 aliphatic carbocycles. The Balaban J connectivity index is 1.59. The van der Waals surface area contributed by atoms with E-state index in [0.717, 1.165) is 17.4 Å². The van der Waals surface area contributed by atoms with Crippen LogP contribution in [0.3, 0.4) is 0 Å². The maximum absolute atomic E-state index is 13.9. The highest BCUT2D eigenvalue weighted by Gasteiger charge is 2.27. The lowest BCUT2D eigenvalue weighted by molar-refractivity contribution is 0.0928. The molecule has 0 saturated heterocycles. The molecule has 0 unspecified atom stereocenters. The molecule has 0 radical (unpaired) electrons. The molecule has 0 bridgehead atoms. The molecule has 1 amide bonds. The van der Waals surface area contributed by atoms with Gasteiger partial charge in [0.25, 0.3) is 5.91 Å². The van der Waals surface area contributed by atoms with Gasteiger partial charge in [0.05, 0.1) is 22.9 Å². The molecule has 4 nitrogen and oxygen atoms in total. The summed E-state index contributed by atoms with van der Waals surface area (Å²) in [5.74, 6) is -0.803. The molecule has 5 rings (SSSR count). The van der Waals surface area contributed by atoms with Gasteiger partial charge in [-0.05, 0) is 42.3 Å². The average molecular weight is 463 g/mol. The van der Waals surface area contributed by atoms with Gasteiger partial charge >= 0.3 is 0 Å². The number of carbonyl (C=O) groups excluding carboxylic acids is 1. The van der Waals surface area contributed by atoms with Gasteiger partial charge in [0.2, 0.25) is 0 Å². The van der Waals surface area contributed by atoms with Crippen LogP contribution in [0.25, 0.3) is 26.9 Å². The fourth-order valence-electron chi connectivity index (χ4n) is 4.20. The number of aromatic nitrogens is 1. The van der Waals surface area contributed by atoms with Gasteiger partial charge in [-0.1, -0.05) is 24.8 Å². The van der Waals surface area contributed by atoms with Crippen molar-refractivity contribution in [3.05, 3.63) is 88.9 Å². The number of ether oxygens (including phenoxy) is 1. The van der Waals surface area contributed by atoms with Gasteiger partial charge in [-0.15, -0.1) is 11.3 Å². The third-order valence-corrected chi connectivity index (χ3v) is 6.85. The zero-order valence-electron chi connectivity index (χ0n) is 17.8. The molecule has 2 aromatic heterocycles. The second-order valence-electron chi connectivity index (χ2n) is 7.98. The van der Waals surface area contributed by atoms with Crippen LogP contribution in [0.1, 0.15) is 40.2 Å². The molecular weight excluding hydrogens is 442 g/mol. The maximum atomic E-state index is 13.9. The first-order chi connectivity index (χ1) is 15.9. The quantitative estimate of drug-likeness (QED) is 0.375. The molecular formula is C26H20F2N2O2S. The predicted octanol–water partition coefficient (Wildman–Crippen LogP) is 6.53. The number of hydrogen-bond donors (Lipinski definition) is 1. The lowest BCUT2D eigenvalue weighted by atomic mass is 10.00. The SMILES string of the molecule is C=C(C)c1c(C(=O)N[C@H]2CCOc3ccccc32)sc2c(-c3cc(F)cc(F)c3)ccnc12. The van der Waals surface area contributed by atoms with Gasteiger partial charge in [-0.2, -0.15) is 0 Å². The zero-order chi connectivity index (χ0) is 23.1. The molecule has 7 heteroatoms. The predicted molar refractivity (Wildman–Crippen MR) is 126 cm³/mol. The van der Waals surface area contributed by atoms with Crippen LogP contribution >= 0.6 is 11.3 Å². The second-order valence-corrected chi connectivity index (χ2v) is 9.00. The monoisotopic (exact) mass is 462 g/mol. The Bertz CT molecular complexity index is 1390. The van der Waals surface area contributed by atoms with Crippen LogP contribution in [0.5, 0.6) is 5.75 Å². The molecule has 0 spiro atoms. The molecule has 166 valence electrons. The van der Waals surface area contributed by atoms with Crippen molar-refractivity contribution >= 4 is 33.0 Å². The highest BCUT2D eigenvalue weighted by Crippen LogP contribution is 2.40. The number of carbonyl (C=O) groups is 1. The lowest BCUT2D eigenvalue weighted by Crippen LogP contribution is -2.32. The Labute approximate surface area is 193 Å². The minimum Gasteiger partial charge on any atom is -0.493 e. The second kappa shape index (κ2) is 8.41. The van der Waals surface area contributed by atoms with Gasteiger partial charge in [0, 0.05) is 35.4 Å². The van der Waals surface area contributed by atoms with E-state index in [2.05, 4.69) is 16.9 Å². The van der Waals surface area contributed by atoms with Crippen molar-refractivity contribution in [1.82, 2.24) is 10.3 Å². The molecule has 1 atom stereocenters. The number of pyridine rings is 1. The Hall–Kier alpha value is -3.58. The Morgan fingerprint density at radius 1 is 1.18 bits per heavy atom. The Kier molecular flexibility index (Phi) is 5.42. The molecule has 1 N–H and O–H groups in total. The van der Waals surface area contributed by atoms with Crippen molar-refractivity contribution in [2.45, 2.75) is 19.4 Å². The Morgan fingerprint density at radius 2 is 1.94 bits per heavy atom. The van der Waals surface area contributed by atoms with Crippen molar-refractivity contribution in [3.63, 3.8) is 0 Å². The normalized spacial score (nSPS) is 15.1. The molecule has 2 aromatic carbocycles. The number of rotatable bonds is 4. The zero-order valence-corrected chi connectivity index (χ0v) is 18.6. The van der Waals surface area contributed by atoms with Crippen LogP contribution in [0.2, 0.25) is 0 Å². The first-order valence-electron chi connectivity index (χ1n) is 10.5. The van der Waals surface area contributed by atoms with Crippen LogP contribution in [0.15, 0.2) is 61.3 Å². The topological polar surface area (TPSA) is 51.2 Å². The third-order valence-electron chi connectivity index (χ3n) is 5.64. The summed E-state index contributed by atoms with van der Waals surface area (Å²) in [5, 5.41) is 3.13. The van der Waals surface area contributed by atoms with E-state index in [-0.39, 0.29) is 11.9 Å². The molecule has 1 aliphatic rings. The number of amides is 1. The van der Waals surface area contributed by atoms with E-state index in [4.69, 9.17) is 4.74 Å². The minimum absolute atomic E-state index is 0.185. The first kappa shape index (κ1) is 21.3. The van der Waals surface area contributed by atoms with E-state index in [1.807, 2.05) is 31.2 Å². The standard InChI is InChI=1S/C26H20F2N2O2S/c1-14(2)22-23-24(18(7-9-29-23)15-11-16(27)13-17(28)12-15)33-25(22)26(31)30-20-8-10-32-21-6-4-3-5-19(20)21/h3-7,9,11-13,20H,1,8,10H2,2H3,(H,30,31)/t20-/m0/s1. The van der Waals surface area contributed by atoms with Crippen LogP contribution < -0.4 is 10.1 Å². The number of para-hydroxylation sites is 1. The molecule has 33 heavy (non-hydrogen) atoms. The summed E-state index contributed by atoms with van der Waals surface area (Å²) in [6.07, 6.45) is 2.23. The van der Waals surface area contributed by atoms with Gasteiger partial charge in [0.15, 0.2) is 0 Å². The number of nitrogens with one attached hydrogen (secondary N) is 1. The summed E-state index contributed by atoms with van der Waals surface area (Å²) in [5.41, 5.74) is 3.86. The summed E-state index contributed by atoms with van der Waals surface area (Å²) in [6.45, 7) is 6.38. The number of benzene rings is 2. The van der Waals surface area contributed by atoms with Crippen LogP contribution in [-0.4, -0.2) is 17.5 Å². The fourth-order valence-corrected chi connectivity index (χ4v) is 5.47. The molecule has 0 saturated carbocycles. The molecule has 3 heterocycles. The van der Waals surface area contributed by atoms with E-state index >= 15 is 0 Å². The van der Waals surface area contributed by atoms with Crippen LogP contribution in [0.4, 0.5) is 8.78 Å². The third kappa shape index (κ3) is 3.89. The van der Waals surface area contributed by atoms with E-state index in [1.165, 1.54) is 23.5 Å². The van der Waals surface area contributed by atoms with Crippen LogP contribution in [0, 0.1) is 11.6 Å². The van der Waals surface area contributed by atoms with Crippen molar-refractivity contribution < 1.29 is 18.3 Å². The van der Waals surface area contributed by atoms with E-state index < -0.39 is 11.6 Å². The average Bonchev–Trinajstić information content (AvgIpc) is 3.19. The fraction of sp³-hybridized carbons (Fsp3) is 0.154. The van der Waals surface area contributed by atoms with E-state index in [0.29, 0.717) is 50.4 Å². The Morgan fingerprint density at radius 3 is 2.70 bits per heavy atom. The minimum atomic E-state index is -0.664. The smallest absolute Gasteiger partial charge is 0.262 e. The number of thiophene rings is 1. The summed E-state index contributed by atoms with van der Waals surface area (Å²) in [7, 11) is 0. The number of halogens is 2. The summed E-state index contributed by atoms with van der Waals surface area (Å²) in [4.78, 5) is 18.4. The van der Waals surface area contributed by atoms with E-state index in [1.54, 1.807) is 12.3 Å². The number of nitrogens with zero attached hydrogens (tertiary/aromatic N) is 1. The largest absolute Gasteiger partial charge is 0.493 e.